The minimum Gasteiger partial charge on any atom is -0.441 e. The van der Waals surface area contributed by atoms with Gasteiger partial charge in [-0.25, -0.2) is 4.98 Å². The highest BCUT2D eigenvalue weighted by Gasteiger charge is 2.28. The monoisotopic (exact) mass is 312 g/mol. The van der Waals surface area contributed by atoms with Gasteiger partial charge in [0.15, 0.2) is 0 Å². The Bertz CT molecular complexity index is 705. The van der Waals surface area contributed by atoms with Gasteiger partial charge >= 0.3 is 0 Å². The highest BCUT2D eigenvalue weighted by Crippen LogP contribution is 2.26. The molecule has 1 unspecified atom stereocenters. The number of amides is 1. The van der Waals surface area contributed by atoms with E-state index in [0.29, 0.717) is 18.4 Å². The molecule has 0 radical (unpaired) electrons. The quantitative estimate of drug-likeness (QED) is 0.860. The molecule has 2 aromatic rings. The third-order valence-electron chi connectivity index (χ3n) is 4.76. The first-order valence-corrected chi connectivity index (χ1v) is 8.42. The molecule has 23 heavy (non-hydrogen) atoms. The van der Waals surface area contributed by atoms with Crippen molar-refractivity contribution in [1.29, 1.82) is 0 Å². The van der Waals surface area contributed by atoms with Crippen molar-refractivity contribution >= 4 is 5.91 Å². The molecule has 4 nitrogen and oxygen atoms in total. The van der Waals surface area contributed by atoms with Crippen LogP contribution in [0.2, 0.25) is 0 Å². The lowest BCUT2D eigenvalue weighted by Gasteiger charge is -2.23. The molecular weight excluding hydrogens is 288 g/mol. The second kappa shape index (κ2) is 6.57. The lowest BCUT2D eigenvalue weighted by molar-refractivity contribution is -0.131. The molecule has 0 N–H and O–H groups in total. The molecule has 0 saturated carbocycles. The van der Waals surface area contributed by atoms with Crippen LogP contribution in [0, 0.1) is 13.8 Å². The van der Waals surface area contributed by atoms with E-state index in [0.717, 1.165) is 48.4 Å². The second-order valence-electron chi connectivity index (χ2n) is 6.31. The summed E-state index contributed by atoms with van der Waals surface area (Å²) in [5.41, 5.74) is 2.87. The maximum atomic E-state index is 12.6. The summed E-state index contributed by atoms with van der Waals surface area (Å²) in [6.45, 7) is 6.95. The molecule has 0 spiro atoms. The Morgan fingerprint density at radius 1 is 1.35 bits per heavy atom. The maximum absolute atomic E-state index is 12.6. The van der Waals surface area contributed by atoms with E-state index in [4.69, 9.17) is 4.42 Å². The van der Waals surface area contributed by atoms with Gasteiger partial charge in [-0.3, -0.25) is 4.79 Å². The van der Waals surface area contributed by atoms with E-state index in [1.165, 1.54) is 0 Å². The number of aromatic nitrogens is 1. The molecule has 122 valence electrons. The van der Waals surface area contributed by atoms with E-state index in [2.05, 4.69) is 11.9 Å². The molecule has 2 heterocycles. The SMILES string of the molecule is CCC1CCCN1C(=O)Cc1nc(-c2ccccc2C)oc1C. The molecule has 1 aliphatic heterocycles. The topological polar surface area (TPSA) is 46.3 Å². The smallest absolute Gasteiger partial charge is 0.228 e. The van der Waals surface area contributed by atoms with Crippen LogP contribution in [0.5, 0.6) is 0 Å². The molecule has 0 bridgehead atoms. The molecule has 1 aromatic carbocycles. The first-order chi connectivity index (χ1) is 11.1. The zero-order chi connectivity index (χ0) is 16.4. The minimum atomic E-state index is 0.169. The van der Waals surface area contributed by atoms with Crippen molar-refractivity contribution < 1.29 is 9.21 Å². The predicted molar refractivity (Wildman–Crippen MR) is 90.1 cm³/mol. The summed E-state index contributed by atoms with van der Waals surface area (Å²) in [5.74, 6) is 1.52. The van der Waals surface area contributed by atoms with Crippen molar-refractivity contribution in [3.05, 3.63) is 41.3 Å². The third kappa shape index (κ3) is 3.16. The largest absolute Gasteiger partial charge is 0.441 e. The fraction of sp³-hybridized carbons (Fsp3) is 0.474. The molecule has 0 aliphatic carbocycles. The molecule has 1 aliphatic rings. The van der Waals surface area contributed by atoms with Gasteiger partial charge in [0.1, 0.15) is 5.76 Å². The van der Waals surface area contributed by atoms with Crippen LogP contribution in [0.25, 0.3) is 11.5 Å². The standard InChI is InChI=1S/C19H24N2O2/c1-4-15-9-7-11-21(15)18(22)12-17-14(3)23-19(20-17)16-10-6-5-8-13(16)2/h5-6,8,10,15H,4,7,9,11-12H2,1-3H3. The van der Waals surface area contributed by atoms with Crippen molar-refractivity contribution in [1.82, 2.24) is 9.88 Å². The Labute approximate surface area is 137 Å². The number of carbonyl (C=O) groups excluding carboxylic acids is 1. The van der Waals surface area contributed by atoms with E-state index < -0.39 is 0 Å². The molecule has 1 atom stereocenters. The average Bonchev–Trinajstić information content (AvgIpc) is 3.15. The first-order valence-electron chi connectivity index (χ1n) is 8.42. The van der Waals surface area contributed by atoms with E-state index >= 15 is 0 Å². The third-order valence-corrected chi connectivity index (χ3v) is 4.76. The van der Waals surface area contributed by atoms with Crippen molar-refractivity contribution in [3.63, 3.8) is 0 Å². The molecule has 3 rings (SSSR count). The average molecular weight is 312 g/mol. The van der Waals surface area contributed by atoms with Crippen molar-refractivity contribution in [2.75, 3.05) is 6.54 Å². The van der Waals surface area contributed by atoms with Crippen molar-refractivity contribution in [3.8, 4) is 11.5 Å². The Morgan fingerprint density at radius 3 is 2.87 bits per heavy atom. The van der Waals surface area contributed by atoms with Gasteiger partial charge in [0.25, 0.3) is 0 Å². The van der Waals surface area contributed by atoms with E-state index in [9.17, 15) is 4.79 Å². The van der Waals surface area contributed by atoms with Gasteiger partial charge in [-0.1, -0.05) is 25.1 Å². The van der Waals surface area contributed by atoms with Gasteiger partial charge in [-0.15, -0.1) is 0 Å². The number of aryl methyl sites for hydroxylation is 2. The van der Waals surface area contributed by atoms with Crippen molar-refractivity contribution in [2.45, 2.75) is 52.5 Å². The number of hydrogen-bond acceptors (Lipinski definition) is 3. The van der Waals surface area contributed by atoms with Crippen LogP contribution in [0.4, 0.5) is 0 Å². The number of benzene rings is 1. The normalized spacial score (nSPS) is 17.7. The summed E-state index contributed by atoms with van der Waals surface area (Å²) in [7, 11) is 0. The minimum absolute atomic E-state index is 0.169. The van der Waals surface area contributed by atoms with E-state index in [-0.39, 0.29) is 5.91 Å². The molecule has 1 fully saturated rings. The Kier molecular flexibility index (Phi) is 4.51. The first kappa shape index (κ1) is 15.8. The van der Waals surface area contributed by atoms with E-state index in [1.54, 1.807) is 0 Å². The molecular formula is C19H24N2O2. The summed E-state index contributed by atoms with van der Waals surface area (Å²) >= 11 is 0. The second-order valence-corrected chi connectivity index (χ2v) is 6.31. The summed E-state index contributed by atoms with van der Waals surface area (Å²) in [6, 6.07) is 8.40. The van der Waals surface area contributed by atoms with Crippen LogP contribution >= 0.6 is 0 Å². The van der Waals surface area contributed by atoms with Crippen LogP contribution in [-0.2, 0) is 11.2 Å². The van der Waals surface area contributed by atoms with Crippen LogP contribution in [0.1, 0.15) is 43.2 Å². The number of hydrogen-bond donors (Lipinski definition) is 0. The van der Waals surface area contributed by atoms with Gasteiger partial charge in [-0.05, 0) is 44.7 Å². The van der Waals surface area contributed by atoms with Gasteiger partial charge < -0.3 is 9.32 Å². The van der Waals surface area contributed by atoms with Crippen LogP contribution < -0.4 is 0 Å². The zero-order valence-electron chi connectivity index (χ0n) is 14.1. The van der Waals surface area contributed by atoms with Gasteiger partial charge in [-0.2, -0.15) is 0 Å². The number of nitrogens with zero attached hydrogens (tertiary/aromatic N) is 2. The summed E-state index contributed by atoms with van der Waals surface area (Å²) < 4.78 is 5.82. The van der Waals surface area contributed by atoms with Crippen LogP contribution in [0.3, 0.4) is 0 Å². The van der Waals surface area contributed by atoms with Crippen molar-refractivity contribution in [2.24, 2.45) is 0 Å². The Morgan fingerprint density at radius 2 is 2.13 bits per heavy atom. The molecule has 4 heteroatoms. The lowest BCUT2D eigenvalue weighted by atomic mass is 10.1. The van der Waals surface area contributed by atoms with E-state index in [1.807, 2.05) is 43.0 Å². The van der Waals surface area contributed by atoms with Gasteiger partial charge in [0, 0.05) is 18.2 Å². The zero-order valence-corrected chi connectivity index (χ0v) is 14.1. The summed E-state index contributed by atoms with van der Waals surface area (Å²) in [5, 5.41) is 0. The van der Waals surface area contributed by atoms with Crippen LogP contribution in [0.15, 0.2) is 28.7 Å². The summed E-state index contributed by atoms with van der Waals surface area (Å²) in [4.78, 5) is 19.2. The van der Waals surface area contributed by atoms with Crippen LogP contribution in [-0.4, -0.2) is 28.4 Å². The molecule has 1 saturated heterocycles. The Balaban J connectivity index is 1.79. The van der Waals surface area contributed by atoms with Gasteiger partial charge in [0.05, 0.1) is 12.1 Å². The molecule has 1 aromatic heterocycles. The number of oxazole rings is 1. The number of likely N-dealkylation sites (tertiary alicyclic amines) is 1. The fourth-order valence-corrected chi connectivity index (χ4v) is 3.35. The highest BCUT2D eigenvalue weighted by atomic mass is 16.4. The number of rotatable bonds is 4. The maximum Gasteiger partial charge on any atom is 0.228 e. The molecule has 1 amide bonds. The number of carbonyl (C=O) groups is 1. The predicted octanol–water partition coefficient (Wildman–Crippen LogP) is 3.90. The Hall–Kier alpha value is -2.10. The van der Waals surface area contributed by atoms with Gasteiger partial charge in [0.2, 0.25) is 11.8 Å². The highest BCUT2D eigenvalue weighted by molar-refractivity contribution is 5.79. The summed E-state index contributed by atoms with van der Waals surface area (Å²) in [6.07, 6.45) is 3.58. The fourth-order valence-electron chi connectivity index (χ4n) is 3.35. The lowest BCUT2D eigenvalue weighted by Crippen LogP contribution is -2.36.